The summed E-state index contributed by atoms with van der Waals surface area (Å²) >= 11 is 0. The zero-order valence-electron chi connectivity index (χ0n) is 20.6. The van der Waals surface area contributed by atoms with Gasteiger partial charge in [-0.3, -0.25) is 4.90 Å². The first kappa shape index (κ1) is 25.7. The number of rotatable bonds is 6. The number of carbonyl (C=O) groups is 3. The van der Waals surface area contributed by atoms with Crippen molar-refractivity contribution in [3.05, 3.63) is 71.8 Å². The molecule has 0 fully saturated rings. The maximum atomic E-state index is 13.1. The molecular formula is C26H31N3O6. The van der Waals surface area contributed by atoms with Crippen molar-refractivity contribution in [2.45, 2.75) is 51.5 Å². The third-order valence-corrected chi connectivity index (χ3v) is 5.29. The molecule has 0 radical (unpaired) electrons. The van der Waals surface area contributed by atoms with Gasteiger partial charge in [-0.1, -0.05) is 60.7 Å². The number of hydrogen-bond donors (Lipinski definition) is 1. The van der Waals surface area contributed by atoms with Gasteiger partial charge < -0.3 is 19.5 Å². The molecule has 1 heterocycles. The van der Waals surface area contributed by atoms with Gasteiger partial charge >= 0.3 is 18.2 Å². The second-order valence-electron chi connectivity index (χ2n) is 9.18. The summed E-state index contributed by atoms with van der Waals surface area (Å²) in [6.07, 6.45) is -1.38. The Kier molecular flexibility index (Phi) is 7.78. The van der Waals surface area contributed by atoms with E-state index in [1.54, 1.807) is 52.0 Å². The Bertz CT molecular complexity index is 1080. The van der Waals surface area contributed by atoms with Crippen LogP contribution in [0.3, 0.4) is 0 Å². The van der Waals surface area contributed by atoms with Gasteiger partial charge in [-0.15, -0.1) is 0 Å². The van der Waals surface area contributed by atoms with E-state index in [2.05, 4.69) is 10.3 Å². The Morgan fingerprint density at radius 1 is 1.06 bits per heavy atom. The highest BCUT2D eigenvalue weighted by molar-refractivity contribution is 6.04. The number of nitrogens with zero attached hydrogens (tertiary/aromatic N) is 2. The summed E-state index contributed by atoms with van der Waals surface area (Å²) in [5, 5.41) is 2.69. The second kappa shape index (κ2) is 10.6. The lowest BCUT2D eigenvalue weighted by Crippen LogP contribution is -2.50. The lowest BCUT2D eigenvalue weighted by atomic mass is 9.91. The van der Waals surface area contributed by atoms with Crippen LogP contribution in [0.15, 0.2) is 65.7 Å². The van der Waals surface area contributed by atoms with Gasteiger partial charge in [-0.25, -0.2) is 19.4 Å². The maximum absolute atomic E-state index is 13.1. The SMILES string of the molecule is COC(=O)C1(c2ccccc2)CN(C(=O)OC(C)(C)C)C(C(C)NC(=O)OCc2ccccc2)=N1. The molecule has 2 amide bonds. The van der Waals surface area contributed by atoms with E-state index in [1.807, 2.05) is 36.4 Å². The number of hydrogen-bond acceptors (Lipinski definition) is 7. The number of aliphatic imine (C=N–C) groups is 1. The third-order valence-electron chi connectivity index (χ3n) is 5.29. The fourth-order valence-electron chi connectivity index (χ4n) is 3.68. The van der Waals surface area contributed by atoms with Crippen LogP contribution < -0.4 is 5.32 Å². The van der Waals surface area contributed by atoms with Crippen molar-refractivity contribution in [2.75, 3.05) is 13.7 Å². The molecule has 0 saturated carbocycles. The average Bonchev–Trinajstić information content (AvgIpc) is 3.25. The highest BCUT2D eigenvalue weighted by atomic mass is 16.6. The van der Waals surface area contributed by atoms with E-state index < -0.39 is 35.3 Å². The van der Waals surface area contributed by atoms with Crippen molar-refractivity contribution in [3.8, 4) is 0 Å². The van der Waals surface area contributed by atoms with E-state index >= 15 is 0 Å². The highest BCUT2D eigenvalue weighted by Crippen LogP contribution is 2.35. The van der Waals surface area contributed by atoms with E-state index in [0.29, 0.717) is 5.56 Å². The normalized spacial score (nSPS) is 18.3. The minimum absolute atomic E-state index is 0.0811. The maximum Gasteiger partial charge on any atom is 0.415 e. The molecule has 2 unspecified atom stereocenters. The summed E-state index contributed by atoms with van der Waals surface area (Å²) in [6, 6.07) is 17.3. The first-order valence-electron chi connectivity index (χ1n) is 11.3. The van der Waals surface area contributed by atoms with Crippen LogP contribution in [0.25, 0.3) is 0 Å². The van der Waals surface area contributed by atoms with Gasteiger partial charge in [0.25, 0.3) is 0 Å². The van der Waals surface area contributed by atoms with E-state index in [-0.39, 0.29) is 19.0 Å². The van der Waals surface area contributed by atoms with Crippen molar-refractivity contribution in [1.29, 1.82) is 0 Å². The molecular weight excluding hydrogens is 450 g/mol. The van der Waals surface area contributed by atoms with Crippen molar-refractivity contribution < 1.29 is 28.6 Å². The smallest absolute Gasteiger partial charge is 0.415 e. The van der Waals surface area contributed by atoms with Gasteiger partial charge in [0.1, 0.15) is 18.0 Å². The minimum Gasteiger partial charge on any atom is -0.467 e. The molecule has 2 aromatic rings. The Morgan fingerprint density at radius 3 is 2.23 bits per heavy atom. The van der Waals surface area contributed by atoms with Gasteiger partial charge in [-0.2, -0.15) is 0 Å². The van der Waals surface area contributed by atoms with Gasteiger partial charge in [0.05, 0.1) is 19.7 Å². The van der Waals surface area contributed by atoms with Crippen LogP contribution in [0.4, 0.5) is 9.59 Å². The van der Waals surface area contributed by atoms with Gasteiger partial charge in [-0.05, 0) is 38.8 Å². The number of amidine groups is 1. The van der Waals surface area contributed by atoms with Crippen molar-refractivity contribution in [2.24, 2.45) is 4.99 Å². The standard InChI is InChI=1S/C26H31N3O6/c1-18(27-23(31)34-16-19-12-8-6-9-13-19)21-28-26(22(30)33-5,20-14-10-7-11-15-20)17-29(21)24(32)35-25(2,3)4/h6-15,18H,16-17H2,1-5H3,(H,27,31). The molecule has 0 aromatic heterocycles. The molecule has 35 heavy (non-hydrogen) atoms. The monoisotopic (exact) mass is 481 g/mol. The largest absolute Gasteiger partial charge is 0.467 e. The van der Waals surface area contributed by atoms with Crippen LogP contribution >= 0.6 is 0 Å². The van der Waals surface area contributed by atoms with E-state index in [9.17, 15) is 14.4 Å². The van der Waals surface area contributed by atoms with Crippen molar-refractivity contribution >= 4 is 24.0 Å². The molecule has 1 aliphatic rings. The predicted molar refractivity (Wildman–Crippen MR) is 130 cm³/mol. The summed E-state index contributed by atoms with van der Waals surface area (Å²) in [5.74, 6) is -0.476. The first-order chi connectivity index (χ1) is 16.6. The van der Waals surface area contributed by atoms with Crippen LogP contribution in [0.1, 0.15) is 38.8 Å². The summed E-state index contributed by atoms with van der Waals surface area (Å²) in [5.41, 5.74) is -0.907. The predicted octanol–water partition coefficient (Wildman–Crippen LogP) is 4.02. The fraction of sp³-hybridized carbons (Fsp3) is 0.385. The second-order valence-corrected chi connectivity index (χ2v) is 9.18. The number of carbonyl (C=O) groups excluding carboxylic acids is 3. The third kappa shape index (κ3) is 6.17. The zero-order valence-corrected chi connectivity index (χ0v) is 20.6. The molecule has 0 aliphatic carbocycles. The number of alkyl carbamates (subject to hydrolysis) is 1. The number of esters is 1. The summed E-state index contributed by atoms with van der Waals surface area (Å²) in [7, 11) is 1.26. The Morgan fingerprint density at radius 2 is 1.66 bits per heavy atom. The van der Waals surface area contributed by atoms with E-state index in [1.165, 1.54) is 12.0 Å². The lowest BCUT2D eigenvalue weighted by Gasteiger charge is -2.28. The van der Waals surface area contributed by atoms with Crippen LogP contribution in [-0.4, -0.2) is 54.2 Å². The van der Waals surface area contributed by atoms with Gasteiger partial charge in [0, 0.05) is 0 Å². The number of amides is 2. The molecule has 3 rings (SSSR count). The lowest BCUT2D eigenvalue weighted by molar-refractivity contribution is -0.147. The molecule has 0 spiro atoms. The Hall–Kier alpha value is -3.88. The molecule has 186 valence electrons. The molecule has 2 aromatic carbocycles. The number of methoxy groups -OCH3 is 1. The first-order valence-corrected chi connectivity index (χ1v) is 11.3. The van der Waals surface area contributed by atoms with Gasteiger partial charge in [0.2, 0.25) is 5.54 Å². The van der Waals surface area contributed by atoms with E-state index in [0.717, 1.165) is 5.56 Å². The highest BCUT2D eigenvalue weighted by Gasteiger charge is 2.52. The van der Waals surface area contributed by atoms with Crippen molar-refractivity contribution in [1.82, 2.24) is 10.2 Å². The van der Waals surface area contributed by atoms with Crippen LogP contribution in [0.5, 0.6) is 0 Å². The molecule has 1 N–H and O–H groups in total. The number of ether oxygens (including phenoxy) is 3. The summed E-state index contributed by atoms with van der Waals surface area (Å²) in [6.45, 7) is 6.82. The minimum atomic E-state index is -1.51. The topological polar surface area (TPSA) is 107 Å². The number of benzene rings is 2. The molecule has 2 atom stereocenters. The molecule has 0 bridgehead atoms. The average molecular weight is 482 g/mol. The summed E-state index contributed by atoms with van der Waals surface area (Å²) < 4.78 is 16.0. The van der Waals surface area contributed by atoms with Crippen LogP contribution in [-0.2, 0) is 31.2 Å². The Labute approximate surface area is 205 Å². The van der Waals surface area contributed by atoms with Crippen molar-refractivity contribution in [3.63, 3.8) is 0 Å². The quantitative estimate of drug-likeness (QED) is 0.493. The molecule has 9 nitrogen and oxygen atoms in total. The summed E-state index contributed by atoms with van der Waals surface area (Å²) in [4.78, 5) is 44.6. The Balaban J connectivity index is 1.90. The molecule has 1 aliphatic heterocycles. The molecule has 0 saturated heterocycles. The zero-order chi connectivity index (χ0) is 25.6. The fourth-order valence-corrected chi connectivity index (χ4v) is 3.68. The number of nitrogens with one attached hydrogen (secondary N) is 1. The van der Waals surface area contributed by atoms with Crippen LogP contribution in [0.2, 0.25) is 0 Å². The van der Waals surface area contributed by atoms with E-state index in [4.69, 9.17) is 14.2 Å². The van der Waals surface area contributed by atoms with Crippen LogP contribution in [0, 0.1) is 0 Å². The van der Waals surface area contributed by atoms with Gasteiger partial charge in [0.15, 0.2) is 0 Å². The molecule has 9 heteroatoms.